The third kappa shape index (κ3) is 4.37. The van der Waals surface area contributed by atoms with E-state index >= 15 is 0 Å². The number of para-hydroxylation sites is 3. The van der Waals surface area contributed by atoms with Crippen molar-refractivity contribution in [3.05, 3.63) is 182 Å². The highest BCUT2D eigenvalue weighted by Crippen LogP contribution is 2.42. The average Bonchev–Trinajstić information content (AvgIpc) is 3.72. The van der Waals surface area contributed by atoms with Crippen LogP contribution in [0.2, 0.25) is 0 Å². The summed E-state index contributed by atoms with van der Waals surface area (Å²) in [4.78, 5) is 2.35. The summed E-state index contributed by atoms with van der Waals surface area (Å²) in [6.45, 7) is 0. The minimum Gasteiger partial charge on any atom is -0.455 e. The number of benzene rings is 8. The fraction of sp³-hybridized carbons (Fsp3) is 0. The van der Waals surface area contributed by atoms with Gasteiger partial charge in [-0.15, -0.1) is 0 Å². The van der Waals surface area contributed by atoms with Crippen LogP contribution < -0.4 is 4.90 Å². The lowest BCUT2D eigenvalue weighted by atomic mass is 9.97. The molecule has 0 fully saturated rings. The molecule has 0 aliphatic rings. The molecule has 0 saturated heterocycles. The van der Waals surface area contributed by atoms with E-state index in [1.807, 2.05) is 0 Å². The Kier molecular flexibility index (Phi) is 6.18. The lowest BCUT2D eigenvalue weighted by Crippen LogP contribution is -2.10. The third-order valence-electron chi connectivity index (χ3n) is 9.74. The first-order chi connectivity index (χ1) is 24.3. The molecule has 0 aliphatic heterocycles. The molecule has 49 heavy (non-hydrogen) atoms. The Morgan fingerprint density at radius 1 is 0.429 bits per heavy atom. The Morgan fingerprint density at radius 2 is 1.06 bits per heavy atom. The van der Waals surface area contributed by atoms with Crippen molar-refractivity contribution in [1.82, 2.24) is 4.57 Å². The number of hydrogen-bond acceptors (Lipinski definition) is 2. The molecular weight excluding hydrogens is 597 g/mol. The SMILES string of the molecule is c1ccc(N(c2cccc(-c3cccc4oc5c6ccccc6ccc5c34)c2)c2cccc(-n3c4ccccc4c4ccccc43)c2)cc1. The van der Waals surface area contributed by atoms with E-state index in [4.69, 9.17) is 4.42 Å². The van der Waals surface area contributed by atoms with Gasteiger partial charge in [0.25, 0.3) is 0 Å². The van der Waals surface area contributed by atoms with Gasteiger partial charge < -0.3 is 13.9 Å². The molecule has 0 amide bonds. The molecule has 3 nitrogen and oxygen atoms in total. The summed E-state index contributed by atoms with van der Waals surface area (Å²) in [6.07, 6.45) is 0. The fourth-order valence-corrected chi connectivity index (χ4v) is 7.60. The van der Waals surface area contributed by atoms with Crippen LogP contribution in [-0.4, -0.2) is 4.57 Å². The van der Waals surface area contributed by atoms with Crippen molar-refractivity contribution < 1.29 is 4.42 Å². The number of nitrogens with zero attached hydrogens (tertiary/aromatic N) is 2. The van der Waals surface area contributed by atoms with Crippen LogP contribution in [0.15, 0.2) is 186 Å². The van der Waals surface area contributed by atoms with Gasteiger partial charge in [0.15, 0.2) is 0 Å². The molecule has 0 bridgehead atoms. The van der Waals surface area contributed by atoms with Crippen LogP contribution in [0.3, 0.4) is 0 Å². The first-order valence-corrected chi connectivity index (χ1v) is 16.7. The molecule has 0 atom stereocenters. The Balaban J connectivity index is 1.16. The number of furan rings is 1. The normalized spacial score (nSPS) is 11.7. The number of fused-ring (bicyclic) bond motifs is 8. The molecule has 230 valence electrons. The summed E-state index contributed by atoms with van der Waals surface area (Å²) in [5, 5.41) is 7.09. The molecule has 3 heteroatoms. The van der Waals surface area contributed by atoms with Gasteiger partial charge in [0.1, 0.15) is 11.2 Å². The molecule has 10 rings (SSSR count). The minimum atomic E-state index is 0.896. The van der Waals surface area contributed by atoms with Gasteiger partial charge in [0.05, 0.1) is 11.0 Å². The second-order valence-electron chi connectivity index (χ2n) is 12.6. The van der Waals surface area contributed by atoms with Gasteiger partial charge in [0.2, 0.25) is 0 Å². The van der Waals surface area contributed by atoms with E-state index in [1.165, 1.54) is 27.2 Å². The molecule has 0 unspecified atom stereocenters. The number of hydrogen-bond donors (Lipinski definition) is 0. The molecule has 0 saturated carbocycles. The Bertz CT molecular complexity index is 2790. The monoisotopic (exact) mass is 626 g/mol. The molecule has 0 spiro atoms. The van der Waals surface area contributed by atoms with E-state index in [0.29, 0.717) is 0 Å². The zero-order valence-electron chi connectivity index (χ0n) is 26.6. The van der Waals surface area contributed by atoms with E-state index in [2.05, 4.69) is 191 Å². The zero-order valence-corrected chi connectivity index (χ0v) is 26.6. The average molecular weight is 627 g/mol. The summed E-state index contributed by atoms with van der Waals surface area (Å²) in [5.74, 6) is 0. The van der Waals surface area contributed by atoms with Gasteiger partial charge in [-0.05, 0) is 83.2 Å². The molecule has 0 aliphatic carbocycles. The van der Waals surface area contributed by atoms with Crippen molar-refractivity contribution in [1.29, 1.82) is 0 Å². The summed E-state index contributed by atoms with van der Waals surface area (Å²) in [6, 6.07) is 64.9. The molecule has 10 aromatic rings. The van der Waals surface area contributed by atoms with Gasteiger partial charge in [-0.1, -0.05) is 115 Å². The lowest BCUT2D eigenvalue weighted by molar-refractivity contribution is 0.673. The van der Waals surface area contributed by atoms with Gasteiger partial charge in [0, 0.05) is 49.7 Å². The first-order valence-electron chi connectivity index (χ1n) is 16.7. The van der Waals surface area contributed by atoms with Gasteiger partial charge >= 0.3 is 0 Å². The summed E-state index contributed by atoms with van der Waals surface area (Å²) >= 11 is 0. The van der Waals surface area contributed by atoms with Crippen LogP contribution in [0.1, 0.15) is 0 Å². The minimum absolute atomic E-state index is 0.896. The van der Waals surface area contributed by atoms with Crippen molar-refractivity contribution in [2.24, 2.45) is 0 Å². The van der Waals surface area contributed by atoms with Crippen LogP contribution in [0.4, 0.5) is 17.1 Å². The molecule has 2 aromatic heterocycles. The van der Waals surface area contributed by atoms with Crippen LogP contribution in [0, 0.1) is 0 Å². The highest BCUT2D eigenvalue weighted by Gasteiger charge is 2.19. The lowest BCUT2D eigenvalue weighted by Gasteiger charge is -2.26. The summed E-state index contributed by atoms with van der Waals surface area (Å²) in [7, 11) is 0. The Labute approximate surface area is 283 Å². The Morgan fingerprint density at radius 3 is 1.86 bits per heavy atom. The molecule has 8 aromatic carbocycles. The second kappa shape index (κ2) is 11.0. The van der Waals surface area contributed by atoms with Crippen LogP contribution >= 0.6 is 0 Å². The highest BCUT2D eigenvalue weighted by molar-refractivity contribution is 6.19. The molecule has 0 radical (unpaired) electrons. The van der Waals surface area contributed by atoms with Crippen molar-refractivity contribution in [3.63, 3.8) is 0 Å². The second-order valence-corrected chi connectivity index (χ2v) is 12.6. The van der Waals surface area contributed by atoms with Gasteiger partial charge in [-0.3, -0.25) is 0 Å². The largest absolute Gasteiger partial charge is 0.455 e. The van der Waals surface area contributed by atoms with Crippen LogP contribution in [-0.2, 0) is 0 Å². The fourth-order valence-electron chi connectivity index (χ4n) is 7.60. The smallest absolute Gasteiger partial charge is 0.143 e. The predicted molar refractivity (Wildman–Crippen MR) is 206 cm³/mol. The van der Waals surface area contributed by atoms with E-state index in [1.54, 1.807) is 0 Å². The van der Waals surface area contributed by atoms with Crippen LogP contribution in [0.25, 0.3) is 71.3 Å². The topological polar surface area (TPSA) is 21.3 Å². The number of rotatable bonds is 5. The zero-order chi connectivity index (χ0) is 32.3. The first kappa shape index (κ1) is 27.5. The number of aromatic nitrogens is 1. The highest BCUT2D eigenvalue weighted by atomic mass is 16.3. The van der Waals surface area contributed by atoms with E-state index in [9.17, 15) is 0 Å². The predicted octanol–water partition coefficient (Wildman–Crippen LogP) is 13.0. The maximum atomic E-state index is 6.54. The van der Waals surface area contributed by atoms with E-state index in [-0.39, 0.29) is 0 Å². The number of anilines is 3. The standard InChI is InChI=1S/C46H30N2O/c1-2-15-33(16-3-1)47(35-18-11-19-36(30-35)48-42-24-8-6-21-39(42)40-22-7-9-25-43(40)48)34-17-10-14-32(29-34)37-23-12-26-44-45(37)41-28-27-31-13-4-5-20-38(31)46(41)49-44/h1-30H. The maximum absolute atomic E-state index is 6.54. The van der Waals surface area contributed by atoms with Crippen LogP contribution in [0.5, 0.6) is 0 Å². The van der Waals surface area contributed by atoms with Crippen molar-refractivity contribution >= 4 is 71.6 Å². The van der Waals surface area contributed by atoms with Crippen molar-refractivity contribution in [3.8, 4) is 16.8 Å². The summed E-state index contributed by atoms with van der Waals surface area (Å²) in [5.41, 5.74) is 10.9. The molecular formula is C46H30N2O. The quantitative estimate of drug-likeness (QED) is 0.190. The summed E-state index contributed by atoms with van der Waals surface area (Å²) < 4.78 is 8.92. The van der Waals surface area contributed by atoms with Crippen molar-refractivity contribution in [2.75, 3.05) is 4.90 Å². The molecule has 0 N–H and O–H groups in total. The Hall–Kier alpha value is -6.58. The third-order valence-corrected chi connectivity index (χ3v) is 9.74. The van der Waals surface area contributed by atoms with Gasteiger partial charge in [-0.2, -0.15) is 0 Å². The molecule has 2 heterocycles. The van der Waals surface area contributed by atoms with E-state index in [0.717, 1.165) is 61.2 Å². The van der Waals surface area contributed by atoms with Gasteiger partial charge in [-0.25, -0.2) is 0 Å². The maximum Gasteiger partial charge on any atom is 0.143 e. The van der Waals surface area contributed by atoms with E-state index < -0.39 is 0 Å². The van der Waals surface area contributed by atoms with Crippen molar-refractivity contribution in [2.45, 2.75) is 0 Å².